The Morgan fingerprint density at radius 2 is 1.85 bits per heavy atom. The van der Waals surface area contributed by atoms with Crippen LogP contribution in [0.15, 0.2) is 40.5 Å². The van der Waals surface area contributed by atoms with Crippen LogP contribution in [0.25, 0.3) is 0 Å². The van der Waals surface area contributed by atoms with Crippen molar-refractivity contribution in [2.24, 2.45) is 10.7 Å². The van der Waals surface area contributed by atoms with Gasteiger partial charge < -0.3 is 25.2 Å². The Labute approximate surface area is 241 Å². The van der Waals surface area contributed by atoms with E-state index in [2.05, 4.69) is 44.0 Å². The number of aliphatic hydroxyl groups excluding tert-OH is 1. The highest BCUT2D eigenvalue weighted by Gasteiger charge is 2.28. The molecule has 0 spiro atoms. The third kappa shape index (κ3) is 11.4. The number of benzene rings is 1. The third-order valence-electron chi connectivity index (χ3n) is 7.29. The number of nitrogens with two attached hydrogens (primary N) is 1. The maximum Gasteiger partial charge on any atom is 0.270 e. The summed E-state index contributed by atoms with van der Waals surface area (Å²) in [5, 5.41) is 8.79. The van der Waals surface area contributed by atoms with Gasteiger partial charge in [-0.2, -0.15) is 0 Å². The quantitative estimate of drug-likeness (QED) is 0.324. The van der Waals surface area contributed by atoms with Crippen molar-refractivity contribution in [3.05, 3.63) is 41.1 Å². The number of hydrogen-bond acceptors (Lipinski definition) is 7. The molecule has 1 aromatic carbocycles. The highest BCUT2D eigenvalue weighted by molar-refractivity contribution is 6.09. The smallest absolute Gasteiger partial charge is 0.270 e. The van der Waals surface area contributed by atoms with E-state index < -0.39 is 0 Å². The molecule has 1 aliphatic carbocycles. The Kier molecular flexibility index (Phi) is 15.6. The molecule has 0 bridgehead atoms. The topological polar surface area (TPSA) is 114 Å². The van der Waals surface area contributed by atoms with Crippen LogP contribution in [-0.2, 0) is 14.3 Å². The average Bonchev–Trinajstić information content (AvgIpc) is 3.43. The Bertz CT molecular complexity index is 983. The molecular formula is C32H51N3O5. The molecule has 224 valence electrons. The van der Waals surface area contributed by atoms with Crippen LogP contribution in [0.1, 0.15) is 90.5 Å². The second-order valence-electron chi connectivity index (χ2n) is 10.7. The van der Waals surface area contributed by atoms with Crippen molar-refractivity contribution in [1.29, 1.82) is 0 Å². The first kappa shape index (κ1) is 33.5. The number of nitrogens with zero attached hydrogens (tertiary/aromatic N) is 2. The van der Waals surface area contributed by atoms with Crippen LogP contribution in [0.4, 0.5) is 0 Å². The lowest BCUT2D eigenvalue weighted by Gasteiger charge is -2.32. The fraction of sp³-hybridized carbons (Fsp3) is 0.656. The molecular weight excluding hydrogens is 506 g/mol. The first-order valence-corrected chi connectivity index (χ1v) is 15.1. The fourth-order valence-electron chi connectivity index (χ4n) is 5.03. The molecule has 1 saturated heterocycles. The highest BCUT2D eigenvalue weighted by Crippen LogP contribution is 2.25. The van der Waals surface area contributed by atoms with Crippen molar-refractivity contribution in [2.45, 2.75) is 104 Å². The van der Waals surface area contributed by atoms with Crippen LogP contribution in [0.2, 0.25) is 0 Å². The summed E-state index contributed by atoms with van der Waals surface area (Å²) in [5.74, 6) is 0.906. The van der Waals surface area contributed by atoms with Gasteiger partial charge in [-0.15, -0.1) is 0 Å². The van der Waals surface area contributed by atoms with E-state index >= 15 is 0 Å². The van der Waals surface area contributed by atoms with Crippen LogP contribution in [0.5, 0.6) is 5.75 Å². The number of para-hydroxylation sites is 1. The minimum Gasteiger partial charge on any atom is -0.490 e. The molecule has 1 heterocycles. The van der Waals surface area contributed by atoms with Crippen molar-refractivity contribution in [1.82, 2.24) is 4.90 Å². The molecule has 3 rings (SSSR count). The number of carbonyl (C=O) groups excluding carboxylic acids is 2. The normalized spacial score (nSPS) is 18.7. The van der Waals surface area contributed by atoms with Gasteiger partial charge in [-0.1, -0.05) is 51.3 Å². The Hall–Kier alpha value is -2.71. The van der Waals surface area contributed by atoms with Gasteiger partial charge in [-0.05, 0) is 70.4 Å². The number of hydrogen-bond donors (Lipinski definition) is 2. The van der Waals surface area contributed by atoms with Gasteiger partial charge in [0.2, 0.25) is 0 Å². The zero-order valence-corrected chi connectivity index (χ0v) is 25.1. The first-order chi connectivity index (χ1) is 19.3. The number of aliphatic imine (C=N–C) groups is 1. The standard InChI is InChI=1S/C17H27N3O4.C15H24O/c1-12(22)11-19-15-4-2-3-14(15)16(18)17(23)20-7-5-13(6-8-20)24-10-9-21;1-4-6-11-14(9-5-2)16-15-12-8-7-10-13(15)3/h13,21H,2-11,18H2,1H3;7-8,10,12,14H,4-6,9,11H2,1-3H3/b16-14-,19-15?;. The lowest BCUT2D eigenvalue weighted by Crippen LogP contribution is -2.43. The first-order valence-electron chi connectivity index (χ1n) is 15.1. The molecule has 1 saturated carbocycles. The second-order valence-corrected chi connectivity index (χ2v) is 10.7. The van der Waals surface area contributed by atoms with Gasteiger partial charge in [0.15, 0.2) is 5.78 Å². The Balaban J connectivity index is 0.000000305. The summed E-state index contributed by atoms with van der Waals surface area (Å²) >= 11 is 0. The van der Waals surface area contributed by atoms with E-state index in [0.717, 1.165) is 55.6 Å². The summed E-state index contributed by atoms with van der Waals surface area (Å²) in [6.07, 6.45) is 10.5. The molecule has 0 radical (unpaired) electrons. The Morgan fingerprint density at radius 3 is 2.48 bits per heavy atom. The van der Waals surface area contributed by atoms with Gasteiger partial charge in [-0.25, -0.2) is 0 Å². The maximum atomic E-state index is 12.6. The average molecular weight is 558 g/mol. The van der Waals surface area contributed by atoms with Gasteiger partial charge in [0.25, 0.3) is 5.91 Å². The summed E-state index contributed by atoms with van der Waals surface area (Å²) < 4.78 is 11.6. The number of amides is 1. The van der Waals surface area contributed by atoms with E-state index in [9.17, 15) is 9.59 Å². The van der Waals surface area contributed by atoms with E-state index in [-0.39, 0.29) is 36.6 Å². The zero-order valence-electron chi connectivity index (χ0n) is 25.1. The van der Waals surface area contributed by atoms with E-state index in [1.807, 2.05) is 6.07 Å². The van der Waals surface area contributed by atoms with Crippen molar-refractivity contribution in [3.8, 4) is 5.75 Å². The summed E-state index contributed by atoms with van der Waals surface area (Å²) in [6, 6.07) is 8.29. The van der Waals surface area contributed by atoms with Crippen LogP contribution in [-0.4, -0.2) is 72.5 Å². The third-order valence-corrected chi connectivity index (χ3v) is 7.29. The van der Waals surface area contributed by atoms with Crippen LogP contribution in [0.3, 0.4) is 0 Å². The number of ketones is 1. The van der Waals surface area contributed by atoms with Crippen molar-refractivity contribution in [2.75, 3.05) is 32.8 Å². The molecule has 2 fully saturated rings. The second kappa shape index (κ2) is 18.6. The lowest BCUT2D eigenvalue weighted by atomic mass is 10.1. The van der Waals surface area contributed by atoms with Gasteiger partial charge in [0.05, 0.1) is 32.0 Å². The molecule has 8 nitrogen and oxygen atoms in total. The van der Waals surface area contributed by atoms with E-state index in [0.29, 0.717) is 25.8 Å². The molecule has 8 heteroatoms. The largest absolute Gasteiger partial charge is 0.490 e. The number of likely N-dealkylation sites (tertiary alicyclic amines) is 1. The molecule has 1 amide bonds. The molecule has 3 N–H and O–H groups in total. The number of aliphatic hydroxyl groups is 1. The number of ether oxygens (including phenoxy) is 2. The number of piperidine rings is 1. The molecule has 0 aromatic heterocycles. The van der Waals surface area contributed by atoms with E-state index in [4.69, 9.17) is 20.3 Å². The molecule has 2 aliphatic rings. The fourth-order valence-corrected chi connectivity index (χ4v) is 5.03. The van der Waals surface area contributed by atoms with Gasteiger partial charge in [-0.3, -0.25) is 14.6 Å². The van der Waals surface area contributed by atoms with Crippen LogP contribution >= 0.6 is 0 Å². The molecule has 1 unspecified atom stereocenters. The van der Waals surface area contributed by atoms with Crippen molar-refractivity contribution in [3.63, 3.8) is 0 Å². The monoisotopic (exact) mass is 557 g/mol. The minimum absolute atomic E-state index is 0.00333. The predicted octanol–water partition coefficient (Wildman–Crippen LogP) is 5.15. The molecule has 40 heavy (non-hydrogen) atoms. The highest BCUT2D eigenvalue weighted by atomic mass is 16.5. The minimum atomic E-state index is -0.150. The maximum absolute atomic E-state index is 12.6. The Morgan fingerprint density at radius 1 is 1.12 bits per heavy atom. The summed E-state index contributed by atoms with van der Waals surface area (Å²) in [4.78, 5) is 29.8. The number of Topliss-reactive ketones (excluding diaryl/α,β-unsaturated/α-hetero) is 1. The van der Waals surface area contributed by atoms with Crippen LogP contribution < -0.4 is 10.5 Å². The number of allylic oxidation sites excluding steroid dienone is 1. The van der Waals surface area contributed by atoms with Crippen molar-refractivity contribution < 1.29 is 24.2 Å². The SMILES string of the molecule is CC(=O)CN=C1CCC/C1=C(/N)C(=O)N1CCC(OCCO)CC1.CCCCC(CCC)Oc1ccccc1C. The van der Waals surface area contributed by atoms with Gasteiger partial charge in [0.1, 0.15) is 11.4 Å². The lowest BCUT2D eigenvalue weighted by molar-refractivity contribution is -0.130. The number of unbranched alkanes of at least 4 members (excludes halogenated alkanes) is 1. The van der Waals surface area contributed by atoms with Gasteiger partial charge >= 0.3 is 0 Å². The van der Waals surface area contributed by atoms with Crippen molar-refractivity contribution >= 4 is 17.4 Å². The summed E-state index contributed by atoms with van der Waals surface area (Å²) in [6.45, 7) is 9.76. The van der Waals surface area contributed by atoms with E-state index in [1.165, 1.54) is 38.2 Å². The number of carbonyl (C=O) groups is 2. The number of rotatable bonds is 13. The summed E-state index contributed by atoms with van der Waals surface area (Å²) in [5.41, 5.74) is 9.24. The molecule has 1 aromatic rings. The zero-order chi connectivity index (χ0) is 29.3. The summed E-state index contributed by atoms with van der Waals surface area (Å²) in [7, 11) is 0. The number of aryl methyl sites for hydroxylation is 1. The molecule has 1 aliphatic heterocycles. The van der Waals surface area contributed by atoms with Crippen LogP contribution in [0, 0.1) is 6.92 Å². The predicted molar refractivity (Wildman–Crippen MR) is 161 cm³/mol. The van der Waals surface area contributed by atoms with Gasteiger partial charge in [0, 0.05) is 24.4 Å². The molecule has 1 atom stereocenters. The van der Waals surface area contributed by atoms with E-state index in [1.54, 1.807) is 4.90 Å².